The third-order valence-corrected chi connectivity index (χ3v) is 3.46. The number of alkyl halides is 1. The van der Waals surface area contributed by atoms with E-state index in [1.165, 1.54) is 12.8 Å². The number of nitrogens with zero attached hydrogens (tertiary/aromatic N) is 2. The zero-order valence-corrected chi connectivity index (χ0v) is 9.87. The molecule has 1 atom stereocenters. The van der Waals surface area contributed by atoms with E-state index in [1.807, 2.05) is 12.3 Å². The molecule has 1 aliphatic rings. The first-order valence-corrected chi connectivity index (χ1v) is 6.12. The summed E-state index contributed by atoms with van der Waals surface area (Å²) in [6, 6.07) is 4.08. The molecule has 0 aromatic carbocycles. The predicted octanol–water partition coefficient (Wildman–Crippen LogP) is 3.06. The summed E-state index contributed by atoms with van der Waals surface area (Å²) in [7, 11) is 0. The molecule has 1 saturated heterocycles. The predicted molar refractivity (Wildman–Crippen MR) is 64.4 cm³/mol. The standard InChI is InChI=1S/C12H17ClN2/c1-2-10-4-6-15(9-10)12-7-11(8-13)3-5-14-12/h3,5,7,10H,2,4,6,8-9H2,1H3. The summed E-state index contributed by atoms with van der Waals surface area (Å²) in [6.45, 7) is 4.54. The van der Waals surface area contributed by atoms with Crippen LogP contribution in [0.25, 0.3) is 0 Å². The first-order valence-electron chi connectivity index (χ1n) is 5.59. The van der Waals surface area contributed by atoms with Gasteiger partial charge in [-0.15, -0.1) is 11.6 Å². The minimum absolute atomic E-state index is 0.570. The van der Waals surface area contributed by atoms with Crippen LogP contribution < -0.4 is 4.90 Å². The highest BCUT2D eigenvalue weighted by molar-refractivity contribution is 6.17. The topological polar surface area (TPSA) is 16.1 Å². The van der Waals surface area contributed by atoms with Crippen LogP contribution in [0.5, 0.6) is 0 Å². The lowest BCUT2D eigenvalue weighted by Crippen LogP contribution is -2.20. The molecule has 0 aliphatic carbocycles. The molecular weight excluding hydrogens is 208 g/mol. The van der Waals surface area contributed by atoms with E-state index in [0.29, 0.717) is 5.88 Å². The van der Waals surface area contributed by atoms with Gasteiger partial charge in [-0.05, 0) is 30.0 Å². The Bertz CT molecular complexity index is 327. The Morgan fingerprint density at radius 3 is 3.13 bits per heavy atom. The Labute approximate surface area is 96.3 Å². The van der Waals surface area contributed by atoms with Crippen molar-refractivity contribution in [2.75, 3.05) is 18.0 Å². The van der Waals surface area contributed by atoms with E-state index in [0.717, 1.165) is 30.4 Å². The van der Waals surface area contributed by atoms with Gasteiger partial charge in [-0.2, -0.15) is 0 Å². The van der Waals surface area contributed by atoms with Crippen molar-refractivity contribution < 1.29 is 0 Å². The molecule has 2 nitrogen and oxygen atoms in total. The number of aromatic nitrogens is 1. The Morgan fingerprint density at radius 1 is 1.60 bits per heavy atom. The van der Waals surface area contributed by atoms with Crippen LogP contribution in [0, 0.1) is 5.92 Å². The zero-order valence-electron chi connectivity index (χ0n) is 9.12. The fraction of sp³-hybridized carbons (Fsp3) is 0.583. The number of hydrogen-bond donors (Lipinski definition) is 0. The molecular formula is C12H17ClN2. The molecule has 1 unspecified atom stereocenters. The fourth-order valence-corrected chi connectivity index (χ4v) is 2.26. The Balaban J connectivity index is 2.09. The highest BCUT2D eigenvalue weighted by Crippen LogP contribution is 2.24. The van der Waals surface area contributed by atoms with Crippen LogP contribution in [-0.4, -0.2) is 18.1 Å². The first kappa shape index (κ1) is 10.7. The second-order valence-corrected chi connectivity index (χ2v) is 4.43. The minimum Gasteiger partial charge on any atom is -0.356 e. The van der Waals surface area contributed by atoms with Crippen molar-refractivity contribution in [2.45, 2.75) is 25.6 Å². The summed E-state index contributed by atoms with van der Waals surface area (Å²) in [4.78, 5) is 6.77. The van der Waals surface area contributed by atoms with Crippen LogP contribution in [0.15, 0.2) is 18.3 Å². The lowest BCUT2D eigenvalue weighted by atomic mass is 10.1. The van der Waals surface area contributed by atoms with Crippen molar-refractivity contribution in [3.05, 3.63) is 23.9 Å². The zero-order chi connectivity index (χ0) is 10.7. The average molecular weight is 225 g/mol. The molecule has 1 aromatic heterocycles. The van der Waals surface area contributed by atoms with Crippen LogP contribution >= 0.6 is 11.6 Å². The fourth-order valence-electron chi connectivity index (χ4n) is 2.09. The molecule has 82 valence electrons. The summed E-state index contributed by atoms with van der Waals surface area (Å²) < 4.78 is 0. The quantitative estimate of drug-likeness (QED) is 0.734. The Morgan fingerprint density at radius 2 is 2.47 bits per heavy atom. The molecule has 3 heteroatoms. The summed E-state index contributed by atoms with van der Waals surface area (Å²) in [5, 5.41) is 0. The Kier molecular flexibility index (Phi) is 3.47. The van der Waals surface area contributed by atoms with Gasteiger partial charge < -0.3 is 4.90 Å². The van der Waals surface area contributed by atoms with Crippen molar-refractivity contribution in [3.8, 4) is 0 Å². The minimum atomic E-state index is 0.570. The number of halogens is 1. The monoisotopic (exact) mass is 224 g/mol. The number of pyridine rings is 1. The van der Waals surface area contributed by atoms with E-state index in [1.54, 1.807) is 0 Å². The molecule has 0 saturated carbocycles. The van der Waals surface area contributed by atoms with Crippen molar-refractivity contribution in [2.24, 2.45) is 5.92 Å². The smallest absolute Gasteiger partial charge is 0.128 e. The lowest BCUT2D eigenvalue weighted by molar-refractivity contribution is 0.568. The summed E-state index contributed by atoms with van der Waals surface area (Å²) in [5.41, 5.74) is 1.15. The van der Waals surface area contributed by atoms with Crippen LogP contribution in [0.1, 0.15) is 25.3 Å². The van der Waals surface area contributed by atoms with Gasteiger partial charge in [0.05, 0.1) is 0 Å². The molecule has 1 fully saturated rings. The summed E-state index contributed by atoms with van der Waals surface area (Å²) in [5.74, 6) is 2.50. The molecule has 0 radical (unpaired) electrons. The van der Waals surface area contributed by atoms with Crippen molar-refractivity contribution in [3.63, 3.8) is 0 Å². The summed E-state index contributed by atoms with van der Waals surface area (Å²) >= 11 is 5.82. The molecule has 2 rings (SSSR count). The van der Waals surface area contributed by atoms with Gasteiger partial charge in [0.15, 0.2) is 0 Å². The van der Waals surface area contributed by atoms with E-state index >= 15 is 0 Å². The van der Waals surface area contributed by atoms with E-state index in [-0.39, 0.29) is 0 Å². The van der Waals surface area contributed by atoms with E-state index < -0.39 is 0 Å². The molecule has 0 N–H and O–H groups in total. The van der Waals surface area contributed by atoms with Gasteiger partial charge in [-0.1, -0.05) is 13.3 Å². The van der Waals surface area contributed by atoms with Crippen molar-refractivity contribution in [1.29, 1.82) is 0 Å². The summed E-state index contributed by atoms with van der Waals surface area (Å²) in [6.07, 6.45) is 4.42. The SMILES string of the molecule is CCC1CCN(c2cc(CCl)ccn2)C1. The van der Waals surface area contributed by atoms with Gasteiger partial charge in [-0.25, -0.2) is 4.98 Å². The highest BCUT2D eigenvalue weighted by atomic mass is 35.5. The maximum Gasteiger partial charge on any atom is 0.128 e. The second-order valence-electron chi connectivity index (χ2n) is 4.16. The molecule has 1 aromatic rings. The number of anilines is 1. The third-order valence-electron chi connectivity index (χ3n) is 3.15. The number of rotatable bonds is 3. The van der Waals surface area contributed by atoms with E-state index in [2.05, 4.69) is 22.9 Å². The Hall–Kier alpha value is -0.760. The maximum absolute atomic E-state index is 5.82. The molecule has 15 heavy (non-hydrogen) atoms. The van der Waals surface area contributed by atoms with Crippen LogP contribution in [-0.2, 0) is 5.88 Å². The van der Waals surface area contributed by atoms with E-state index in [9.17, 15) is 0 Å². The first-order chi connectivity index (χ1) is 7.33. The van der Waals surface area contributed by atoms with Crippen LogP contribution in [0.2, 0.25) is 0 Å². The normalized spacial score (nSPS) is 20.9. The van der Waals surface area contributed by atoms with Crippen LogP contribution in [0.3, 0.4) is 0 Å². The average Bonchev–Trinajstić information content (AvgIpc) is 2.78. The molecule has 0 amide bonds. The molecule has 0 bridgehead atoms. The van der Waals surface area contributed by atoms with Gasteiger partial charge in [-0.3, -0.25) is 0 Å². The molecule has 2 heterocycles. The maximum atomic E-state index is 5.82. The van der Waals surface area contributed by atoms with Gasteiger partial charge in [0, 0.05) is 25.2 Å². The third kappa shape index (κ3) is 2.43. The van der Waals surface area contributed by atoms with Gasteiger partial charge >= 0.3 is 0 Å². The van der Waals surface area contributed by atoms with Crippen molar-refractivity contribution in [1.82, 2.24) is 4.98 Å². The highest BCUT2D eigenvalue weighted by Gasteiger charge is 2.21. The van der Waals surface area contributed by atoms with Crippen molar-refractivity contribution >= 4 is 17.4 Å². The van der Waals surface area contributed by atoms with Gasteiger partial charge in [0.2, 0.25) is 0 Å². The van der Waals surface area contributed by atoms with Crippen LogP contribution in [0.4, 0.5) is 5.82 Å². The second kappa shape index (κ2) is 4.84. The van der Waals surface area contributed by atoms with Gasteiger partial charge in [0.25, 0.3) is 0 Å². The van der Waals surface area contributed by atoms with E-state index in [4.69, 9.17) is 11.6 Å². The molecule has 1 aliphatic heterocycles. The number of hydrogen-bond acceptors (Lipinski definition) is 2. The van der Waals surface area contributed by atoms with Gasteiger partial charge in [0.1, 0.15) is 5.82 Å². The lowest BCUT2D eigenvalue weighted by Gasteiger charge is -2.17. The largest absolute Gasteiger partial charge is 0.356 e. The molecule has 0 spiro atoms.